The molecule has 0 spiro atoms. The van der Waals surface area contributed by atoms with E-state index >= 15 is 0 Å². The minimum absolute atomic E-state index is 0.0296. The van der Waals surface area contributed by atoms with Crippen molar-refractivity contribution in [3.63, 3.8) is 0 Å². The molecule has 0 saturated heterocycles. The fourth-order valence-electron chi connectivity index (χ4n) is 4.62. The summed E-state index contributed by atoms with van der Waals surface area (Å²) in [7, 11) is -2.58. The molecule has 0 radical (unpaired) electrons. The molecule has 0 N–H and O–H groups in total. The highest BCUT2D eigenvalue weighted by Crippen LogP contribution is 2.38. The zero-order valence-electron chi connectivity index (χ0n) is 20.8. The van der Waals surface area contributed by atoms with Crippen LogP contribution in [0, 0.1) is 0 Å². The Bertz CT molecular complexity index is 880. The number of hydrogen-bond acceptors (Lipinski definition) is 2. The zero-order valence-corrected chi connectivity index (χ0v) is 21.8. The number of hydrogen-bond donors (Lipinski definition) is 0. The van der Waals surface area contributed by atoms with Gasteiger partial charge in [-0.1, -0.05) is 138 Å². The maximum Gasteiger partial charge on any atom is 0.261 e. The molecule has 3 heteroatoms. The Morgan fingerprint density at radius 3 is 1.73 bits per heavy atom. The van der Waals surface area contributed by atoms with E-state index in [2.05, 4.69) is 113 Å². The van der Waals surface area contributed by atoms with Gasteiger partial charge in [0.1, 0.15) is 0 Å². The first-order valence-electron chi connectivity index (χ1n) is 12.4. The van der Waals surface area contributed by atoms with Gasteiger partial charge in [0.15, 0.2) is 0 Å². The molecule has 2 nitrogen and oxygen atoms in total. The van der Waals surface area contributed by atoms with E-state index in [9.17, 15) is 0 Å². The van der Waals surface area contributed by atoms with Crippen molar-refractivity contribution in [1.82, 2.24) is 0 Å². The molecule has 33 heavy (non-hydrogen) atoms. The van der Waals surface area contributed by atoms with Crippen LogP contribution in [-0.2, 0) is 15.8 Å². The van der Waals surface area contributed by atoms with Gasteiger partial charge in [0.05, 0.1) is 19.3 Å². The molecule has 0 aromatic heterocycles. The maximum absolute atomic E-state index is 7.37. The van der Waals surface area contributed by atoms with Gasteiger partial charge in [-0.15, -0.1) is 0 Å². The standard InChI is InChI=1S/C30H40O2Si/c1-5-6-10-19-27(25-31-24-26-17-11-7-12-18-26)32-33(30(2,3)4,28-20-13-8-14-21-28)29-22-15-9-16-23-29/h7-9,11-18,20-23,27H,5-6,10,19,24-25H2,1-4H3. The molecule has 3 aromatic rings. The summed E-state index contributed by atoms with van der Waals surface area (Å²) in [5.41, 5.74) is 1.20. The smallest absolute Gasteiger partial charge is 0.261 e. The van der Waals surface area contributed by atoms with E-state index in [4.69, 9.17) is 9.16 Å². The van der Waals surface area contributed by atoms with Gasteiger partial charge in [-0.25, -0.2) is 0 Å². The van der Waals surface area contributed by atoms with Crippen LogP contribution in [0.3, 0.4) is 0 Å². The Morgan fingerprint density at radius 2 is 1.24 bits per heavy atom. The third-order valence-electron chi connectivity index (χ3n) is 6.31. The van der Waals surface area contributed by atoms with Crippen molar-refractivity contribution in [2.24, 2.45) is 0 Å². The van der Waals surface area contributed by atoms with E-state index in [1.165, 1.54) is 28.8 Å². The average molecular weight is 461 g/mol. The lowest BCUT2D eigenvalue weighted by atomic mass is 10.1. The maximum atomic E-state index is 7.37. The Balaban J connectivity index is 1.93. The van der Waals surface area contributed by atoms with Crippen molar-refractivity contribution in [2.45, 2.75) is 71.1 Å². The lowest BCUT2D eigenvalue weighted by Crippen LogP contribution is -2.68. The van der Waals surface area contributed by atoms with E-state index in [1.807, 2.05) is 6.07 Å². The lowest BCUT2D eigenvalue weighted by molar-refractivity contribution is 0.0314. The second-order valence-corrected chi connectivity index (χ2v) is 14.2. The predicted molar refractivity (Wildman–Crippen MR) is 143 cm³/mol. The van der Waals surface area contributed by atoms with Crippen LogP contribution in [0.15, 0.2) is 91.0 Å². The first-order valence-corrected chi connectivity index (χ1v) is 14.3. The van der Waals surface area contributed by atoms with E-state index in [-0.39, 0.29) is 11.1 Å². The van der Waals surface area contributed by atoms with Gasteiger partial charge >= 0.3 is 0 Å². The summed E-state index contributed by atoms with van der Waals surface area (Å²) in [6.07, 6.45) is 4.67. The Hall–Kier alpha value is -2.20. The summed E-state index contributed by atoms with van der Waals surface area (Å²) >= 11 is 0. The second kappa shape index (κ2) is 12.3. The Labute approximate surface area is 202 Å². The molecule has 0 aliphatic rings. The molecular weight excluding hydrogens is 420 g/mol. The third kappa shape index (κ3) is 6.66. The van der Waals surface area contributed by atoms with Crippen LogP contribution in [0.1, 0.15) is 58.9 Å². The van der Waals surface area contributed by atoms with Crippen LogP contribution in [0.25, 0.3) is 0 Å². The van der Waals surface area contributed by atoms with E-state index < -0.39 is 8.32 Å². The van der Waals surface area contributed by atoms with Crippen LogP contribution in [0.2, 0.25) is 5.04 Å². The molecule has 0 heterocycles. The minimum Gasteiger partial charge on any atom is -0.402 e. The summed E-state index contributed by atoms with van der Waals surface area (Å²) in [4.78, 5) is 0. The Morgan fingerprint density at radius 1 is 0.727 bits per heavy atom. The normalized spacial score (nSPS) is 13.1. The van der Waals surface area contributed by atoms with E-state index in [1.54, 1.807) is 0 Å². The number of benzene rings is 3. The molecule has 0 saturated carbocycles. The van der Waals surface area contributed by atoms with E-state index in [0.29, 0.717) is 13.2 Å². The van der Waals surface area contributed by atoms with Crippen LogP contribution in [0.5, 0.6) is 0 Å². The highest BCUT2D eigenvalue weighted by atomic mass is 28.4. The molecule has 0 aliphatic carbocycles. The summed E-state index contributed by atoms with van der Waals surface area (Å²) in [6.45, 7) is 10.5. The number of ether oxygens (including phenoxy) is 1. The van der Waals surface area contributed by atoms with Crippen molar-refractivity contribution in [3.05, 3.63) is 96.6 Å². The Kier molecular flexibility index (Phi) is 9.48. The van der Waals surface area contributed by atoms with Crippen molar-refractivity contribution < 1.29 is 9.16 Å². The molecule has 0 aliphatic heterocycles. The highest BCUT2D eigenvalue weighted by molar-refractivity contribution is 6.99. The molecule has 3 aromatic carbocycles. The van der Waals surface area contributed by atoms with Gasteiger partial charge in [0.2, 0.25) is 0 Å². The molecule has 0 bridgehead atoms. The van der Waals surface area contributed by atoms with Crippen LogP contribution < -0.4 is 10.4 Å². The molecular formula is C30H40O2Si. The van der Waals surface area contributed by atoms with Gasteiger partial charge in [-0.3, -0.25) is 0 Å². The van der Waals surface area contributed by atoms with Crippen molar-refractivity contribution in [1.29, 1.82) is 0 Å². The molecule has 0 fully saturated rings. The topological polar surface area (TPSA) is 18.5 Å². The summed E-state index contributed by atoms with van der Waals surface area (Å²) in [5, 5.41) is 2.62. The average Bonchev–Trinajstić information content (AvgIpc) is 2.83. The van der Waals surface area contributed by atoms with Gasteiger partial charge in [0, 0.05) is 0 Å². The van der Waals surface area contributed by atoms with Gasteiger partial charge < -0.3 is 9.16 Å². The number of rotatable bonds is 12. The molecule has 176 valence electrons. The highest BCUT2D eigenvalue weighted by Gasteiger charge is 2.51. The molecule has 0 amide bonds. The first kappa shape index (κ1) is 25.4. The molecule has 1 atom stereocenters. The monoisotopic (exact) mass is 460 g/mol. The van der Waals surface area contributed by atoms with Crippen LogP contribution in [0.4, 0.5) is 0 Å². The fourth-order valence-corrected chi connectivity index (χ4v) is 9.32. The van der Waals surface area contributed by atoms with Gasteiger partial charge in [0.25, 0.3) is 8.32 Å². The first-order chi connectivity index (χ1) is 16.0. The van der Waals surface area contributed by atoms with E-state index in [0.717, 1.165) is 12.8 Å². The van der Waals surface area contributed by atoms with Gasteiger partial charge in [-0.05, 0) is 27.4 Å². The molecule has 3 rings (SSSR count). The molecule has 1 unspecified atom stereocenters. The minimum atomic E-state index is -2.58. The SMILES string of the molecule is CCCCCC(COCc1ccccc1)O[Si](c1ccccc1)(c1ccccc1)C(C)(C)C. The number of unbranched alkanes of at least 4 members (excludes halogenated alkanes) is 2. The fraction of sp³-hybridized carbons (Fsp3) is 0.400. The van der Waals surface area contributed by atoms with Crippen molar-refractivity contribution in [3.8, 4) is 0 Å². The third-order valence-corrected chi connectivity index (χ3v) is 11.4. The van der Waals surface area contributed by atoms with Crippen LogP contribution >= 0.6 is 0 Å². The zero-order chi connectivity index (χ0) is 23.6. The lowest BCUT2D eigenvalue weighted by Gasteiger charge is -2.45. The van der Waals surface area contributed by atoms with Crippen LogP contribution in [-0.4, -0.2) is 21.0 Å². The van der Waals surface area contributed by atoms with Crippen molar-refractivity contribution >= 4 is 18.7 Å². The predicted octanol–water partition coefficient (Wildman–Crippen LogP) is 6.73. The van der Waals surface area contributed by atoms with Gasteiger partial charge in [-0.2, -0.15) is 0 Å². The summed E-state index contributed by atoms with van der Waals surface area (Å²) in [6, 6.07) is 32.2. The second-order valence-electron chi connectivity index (χ2n) is 9.90. The quantitative estimate of drug-likeness (QED) is 0.220. The largest absolute Gasteiger partial charge is 0.402 e. The van der Waals surface area contributed by atoms with Crippen molar-refractivity contribution in [2.75, 3.05) is 6.61 Å². The summed E-state index contributed by atoms with van der Waals surface area (Å²) < 4.78 is 13.6. The summed E-state index contributed by atoms with van der Waals surface area (Å²) in [5.74, 6) is 0.